The van der Waals surface area contributed by atoms with Crippen LogP contribution in [0.5, 0.6) is 0 Å². The Morgan fingerprint density at radius 2 is 0.836 bits per heavy atom. The van der Waals surface area contributed by atoms with E-state index in [2.05, 4.69) is 164 Å². The fourth-order valence-electron chi connectivity index (χ4n) is 10.5. The first-order valence-corrected chi connectivity index (χ1v) is 22.5. The molecule has 4 fully saturated rings. The number of likely N-dealkylation sites (tertiary alicyclic amines) is 4. The average Bonchev–Trinajstić information content (AvgIpc) is 3.07. The molecule has 4 aliphatic rings. The summed E-state index contributed by atoms with van der Waals surface area (Å²) >= 11 is 0. The minimum Gasteiger partial charge on any atom is -0.459 e. The van der Waals surface area contributed by atoms with E-state index in [0.29, 0.717) is 28.8 Å². The fraction of sp³-hybridized carbons (Fsp3) is 0.846. The molecule has 0 atom stereocenters. The highest BCUT2D eigenvalue weighted by atomic mass is 16.5. The SMILES string of the molecule is C.C.CC(=O)NC1CC(C)(C)N(C)C(C)(C)C1.CN1C(C)(C)CC(OC(=O)c2ccccc2)CC1(C)C.CN1C(C)(C)CCCC1(C)C.COC1CC(C)(C)N(C)C(C)(C)C1. The van der Waals surface area contributed by atoms with Crippen LogP contribution in [0.4, 0.5) is 0 Å². The fourth-order valence-corrected chi connectivity index (χ4v) is 10.5. The maximum Gasteiger partial charge on any atom is 0.338 e. The van der Waals surface area contributed by atoms with Crippen molar-refractivity contribution in [1.29, 1.82) is 0 Å². The number of methoxy groups -OCH3 is 1. The molecule has 61 heavy (non-hydrogen) atoms. The molecule has 0 aromatic heterocycles. The van der Waals surface area contributed by atoms with Crippen molar-refractivity contribution in [1.82, 2.24) is 24.9 Å². The first kappa shape index (κ1) is 59.0. The molecule has 0 unspecified atom stereocenters. The first-order chi connectivity index (χ1) is 26.5. The van der Waals surface area contributed by atoms with Gasteiger partial charge in [0.05, 0.1) is 11.7 Å². The molecule has 0 spiro atoms. The number of esters is 1. The topological polar surface area (TPSA) is 77.6 Å². The number of amides is 1. The van der Waals surface area contributed by atoms with Crippen LogP contribution in [0.25, 0.3) is 0 Å². The lowest BCUT2D eigenvalue weighted by Gasteiger charge is -2.53. The number of ether oxygens (including phenoxy) is 2. The lowest BCUT2D eigenvalue weighted by molar-refractivity contribution is -0.121. The van der Waals surface area contributed by atoms with Crippen molar-refractivity contribution in [3.05, 3.63) is 35.9 Å². The largest absolute Gasteiger partial charge is 0.459 e. The van der Waals surface area contributed by atoms with Gasteiger partial charge in [0.15, 0.2) is 0 Å². The molecule has 1 amide bonds. The maximum absolute atomic E-state index is 12.2. The van der Waals surface area contributed by atoms with Gasteiger partial charge in [-0.15, -0.1) is 0 Å². The predicted molar refractivity (Wildman–Crippen MR) is 263 cm³/mol. The van der Waals surface area contributed by atoms with Gasteiger partial charge in [-0.2, -0.15) is 0 Å². The van der Waals surface area contributed by atoms with Gasteiger partial charge in [-0.05, 0) is 196 Å². The van der Waals surface area contributed by atoms with Crippen LogP contribution >= 0.6 is 0 Å². The van der Waals surface area contributed by atoms with Crippen molar-refractivity contribution >= 4 is 11.9 Å². The molecule has 0 radical (unpaired) electrons. The van der Waals surface area contributed by atoms with Gasteiger partial charge in [-0.25, -0.2) is 4.79 Å². The van der Waals surface area contributed by atoms with Gasteiger partial charge in [-0.1, -0.05) is 33.1 Å². The number of hydrogen-bond donors (Lipinski definition) is 1. The zero-order valence-corrected chi connectivity index (χ0v) is 42.4. The van der Waals surface area contributed by atoms with E-state index in [1.165, 1.54) is 19.3 Å². The summed E-state index contributed by atoms with van der Waals surface area (Å²) in [4.78, 5) is 33.1. The molecule has 358 valence electrons. The van der Waals surface area contributed by atoms with E-state index in [-0.39, 0.29) is 66.1 Å². The molecule has 0 bridgehead atoms. The smallest absolute Gasteiger partial charge is 0.338 e. The third-order valence-electron chi connectivity index (χ3n) is 15.3. The average molecular weight is 860 g/mol. The standard InChI is InChI=1S/C17H25NO2.C12H24N2O.C11H23NO.C10H21N.2CH4/c1-16(2)11-14(12-17(3,4)18(16)5)20-15(19)13-9-7-6-8-10-13;1-9(15)13-10-7-11(2,3)14(6)12(4,5)8-10;1-10(2)7-9(13-6)8-11(3,4)12(10)5;1-9(2)7-6-8-10(3,4)11(9)5;;/h6-10,14H,11-12H2,1-5H3;10H,7-8H2,1-6H3,(H,13,15);9H,7-8H2,1-6H3;6-8H2,1-5H3;2*1H4. The Hall–Kier alpha value is -2.04. The zero-order valence-electron chi connectivity index (χ0n) is 42.4. The lowest BCUT2D eigenvalue weighted by atomic mass is 9.77. The summed E-state index contributed by atoms with van der Waals surface area (Å²) in [7, 11) is 10.6. The molecule has 4 aliphatic heterocycles. The Morgan fingerprint density at radius 3 is 1.15 bits per heavy atom. The molecule has 9 nitrogen and oxygen atoms in total. The molecule has 1 aromatic rings. The summed E-state index contributed by atoms with van der Waals surface area (Å²) in [5.41, 5.74) is 2.30. The molecule has 9 heteroatoms. The quantitative estimate of drug-likeness (QED) is 0.300. The van der Waals surface area contributed by atoms with Gasteiger partial charge in [0.1, 0.15) is 6.10 Å². The van der Waals surface area contributed by atoms with Crippen molar-refractivity contribution in [2.45, 2.75) is 253 Å². The second-order valence-corrected chi connectivity index (χ2v) is 23.5. The van der Waals surface area contributed by atoms with Crippen LogP contribution in [0, 0.1) is 0 Å². The van der Waals surface area contributed by atoms with Crippen LogP contribution in [0.3, 0.4) is 0 Å². The van der Waals surface area contributed by atoms with Gasteiger partial charge in [0.2, 0.25) is 5.91 Å². The monoisotopic (exact) mass is 860 g/mol. The molecular weight excluding hydrogens is 759 g/mol. The van der Waals surface area contributed by atoms with Crippen LogP contribution in [0.15, 0.2) is 30.3 Å². The number of carbonyl (C=O) groups excluding carboxylic acids is 2. The minimum atomic E-state index is -0.216. The molecule has 1 N–H and O–H groups in total. The van der Waals surface area contributed by atoms with Gasteiger partial charge in [-0.3, -0.25) is 24.4 Å². The third-order valence-corrected chi connectivity index (χ3v) is 15.3. The number of hydrogen-bond acceptors (Lipinski definition) is 8. The van der Waals surface area contributed by atoms with Crippen LogP contribution in [-0.4, -0.2) is 129 Å². The Kier molecular flexibility index (Phi) is 21.0. The van der Waals surface area contributed by atoms with E-state index in [1.54, 1.807) is 19.1 Å². The highest BCUT2D eigenvalue weighted by molar-refractivity contribution is 5.89. The molecular formula is C52H101N5O4. The summed E-state index contributed by atoms with van der Waals surface area (Å²) < 4.78 is 11.2. The number of piperidine rings is 4. The second kappa shape index (κ2) is 21.8. The van der Waals surface area contributed by atoms with Gasteiger partial charge >= 0.3 is 5.97 Å². The molecule has 4 saturated heterocycles. The Bertz CT molecular complexity index is 1430. The Morgan fingerprint density at radius 1 is 0.525 bits per heavy atom. The minimum absolute atomic E-state index is 0. The Balaban J connectivity index is 0.000000797. The van der Waals surface area contributed by atoms with E-state index in [9.17, 15) is 9.59 Å². The van der Waals surface area contributed by atoms with Gasteiger partial charge in [0.25, 0.3) is 0 Å². The number of rotatable bonds is 4. The zero-order chi connectivity index (χ0) is 45.8. The summed E-state index contributed by atoms with van der Waals surface area (Å²) in [5, 5.41) is 3.05. The normalized spacial score (nSPS) is 25.5. The summed E-state index contributed by atoms with van der Waals surface area (Å²) in [5.74, 6) is -0.136. The van der Waals surface area contributed by atoms with Crippen LogP contribution in [0.1, 0.15) is 201 Å². The van der Waals surface area contributed by atoms with E-state index in [4.69, 9.17) is 9.47 Å². The van der Waals surface area contributed by atoms with Crippen LogP contribution in [0.2, 0.25) is 0 Å². The van der Waals surface area contributed by atoms with E-state index in [0.717, 1.165) is 38.5 Å². The van der Waals surface area contributed by atoms with Crippen LogP contribution in [-0.2, 0) is 14.3 Å². The summed E-state index contributed by atoms with van der Waals surface area (Å²) in [6, 6.07) is 9.53. The predicted octanol–water partition coefficient (Wildman–Crippen LogP) is 11.5. The molecule has 0 aliphatic carbocycles. The van der Waals surface area contributed by atoms with E-state index >= 15 is 0 Å². The number of carbonyl (C=O) groups is 2. The number of benzene rings is 1. The highest BCUT2D eigenvalue weighted by Crippen LogP contribution is 2.40. The molecule has 4 heterocycles. The van der Waals surface area contributed by atoms with Crippen LogP contribution < -0.4 is 5.32 Å². The van der Waals surface area contributed by atoms with Crippen molar-refractivity contribution in [2.75, 3.05) is 35.3 Å². The molecule has 1 aromatic carbocycles. The molecule has 0 saturated carbocycles. The lowest BCUT2D eigenvalue weighted by Crippen LogP contribution is -2.62. The van der Waals surface area contributed by atoms with Gasteiger partial charge < -0.3 is 14.8 Å². The highest BCUT2D eigenvalue weighted by Gasteiger charge is 2.46. The van der Waals surface area contributed by atoms with Crippen molar-refractivity contribution in [3.63, 3.8) is 0 Å². The summed E-state index contributed by atoms with van der Waals surface area (Å²) in [6.45, 7) is 37.9. The van der Waals surface area contributed by atoms with E-state index < -0.39 is 0 Å². The summed E-state index contributed by atoms with van der Waals surface area (Å²) in [6.07, 6.45) is 10.5. The van der Waals surface area contributed by atoms with E-state index in [1.807, 2.05) is 25.3 Å². The number of nitrogens with one attached hydrogen (secondary N) is 1. The number of nitrogens with zero attached hydrogens (tertiary/aromatic N) is 4. The van der Waals surface area contributed by atoms with Crippen molar-refractivity contribution in [3.8, 4) is 0 Å². The van der Waals surface area contributed by atoms with Crippen molar-refractivity contribution in [2.24, 2.45) is 0 Å². The maximum atomic E-state index is 12.2. The third kappa shape index (κ3) is 16.2. The first-order valence-electron chi connectivity index (χ1n) is 22.5. The van der Waals surface area contributed by atoms with Gasteiger partial charge in [0, 0.05) is 77.2 Å². The second-order valence-electron chi connectivity index (χ2n) is 23.5. The molecule has 5 rings (SSSR count). The van der Waals surface area contributed by atoms with Crippen molar-refractivity contribution < 1.29 is 19.1 Å². The Labute approximate surface area is 378 Å².